The van der Waals surface area contributed by atoms with Crippen LogP contribution in [0.2, 0.25) is 0 Å². The largest absolute Gasteiger partial charge is 0.394 e. The van der Waals surface area contributed by atoms with Crippen LogP contribution in [0.25, 0.3) is 0 Å². The van der Waals surface area contributed by atoms with Gasteiger partial charge in [0.05, 0.1) is 19.2 Å². The molecule has 1 aliphatic heterocycles. The third-order valence-corrected chi connectivity index (χ3v) is 4.32. The second-order valence-electron chi connectivity index (χ2n) is 6.17. The fourth-order valence-corrected chi connectivity index (χ4v) is 3.12. The zero-order valence-electron chi connectivity index (χ0n) is 14.1. The highest BCUT2D eigenvalue weighted by Crippen LogP contribution is 2.19. The molecule has 7 nitrogen and oxygen atoms in total. The van der Waals surface area contributed by atoms with E-state index in [9.17, 15) is 9.90 Å². The molecule has 2 heterocycles. The van der Waals surface area contributed by atoms with Gasteiger partial charge in [-0.2, -0.15) is 5.10 Å². The number of amides is 2. The lowest BCUT2D eigenvalue weighted by Crippen LogP contribution is -2.40. The standard InChI is InChI=1S/C17H23N5O2/c1-12-18-13(2)22(20-12)10-14-5-3-6-15(9-14)19-17(24)21-8-4-7-16(21)11-23/h3,5-6,9,16,23H,4,7-8,10-11H2,1-2H3,(H,19,24)/t16-/m1/s1. The summed E-state index contributed by atoms with van der Waals surface area (Å²) in [5, 5.41) is 16.6. The molecule has 0 bridgehead atoms. The van der Waals surface area contributed by atoms with E-state index < -0.39 is 0 Å². The van der Waals surface area contributed by atoms with E-state index >= 15 is 0 Å². The molecule has 0 unspecified atom stereocenters. The number of carbonyl (C=O) groups is 1. The van der Waals surface area contributed by atoms with Gasteiger partial charge in [0.15, 0.2) is 0 Å². The number of hydrogen-bond donors (Lipinski definition) is 2. The minimum atomic E-state index is -0.156. The SMILES string of the molecule is Cc1nc(C)n(Cc2cccc(NC(=O)N3CCC[C@@H]3CO)c2)n1. The molecular weight excluding hydrogens is 306 g/mol. The van der Waals surface area contributed by atoms with Crippen molar-refractivity contribution in [1.82, 2.24) is 19.7 Å². The van der Waals surface area contributed by atoms with Gasteiger partial charge in [-0.15, -0.1) is 0 Å². The summed E-state index contributed by atoms with van der Waals surface area (Å²) in [5.74, 6) is 1.62. The predicted molar refractivity (Wildman–Crippen MR) is 90.9 cm³/mol. The molecule has 2 aromatic rings. The molecule has 0 saturated carbocycles. The Hall–Kier alpha value is -2.41. The van der Waals surface area contributed by atoms with E-state index in [0.29, 0.717) is 13.1 Å². The molecule has 1 saturated heterocycles. The number of anilines is 1. The highest BCUT2D eigenvalue weighted by Gasteiger charge is 2.27. The molecule has 128 valence electrons. The maximum absolute atomic E-state index is 12.4. The number of urea groups is 1. The topological polar surface area (TPSA) is 83.3 Å². The van der Waals surface area contributed by atoms with Crippen LogP contribution < -0.4 is 5.32 Å². The summed E-state index contributed by atoms with van der Waals surface area (Å²) < 4.78 is 1.85. The number of aromatic nitrogens is 3. The van der Waals surface area contributed by atoms with Crippen molar-refractivity contribution in [2.75, 3.05) is 18.5 Å². The molecule has 0 aliphatic carbocycles. The summed E-state index contributed by atoms with van der Waals surface area (Å²) in [6, 6.07) is 7.49. The number of carbonyl (C=O) groups excluding carboxylic acids is 1. The van der Waals surface area contributed by atoms with E-state index in [4.69, 9.17) is 0 Å². The molecule has 1 aliphatic rings. The molecule has 2 amide bonds. The number of rotatable bonds is 4. The van der Waals surface area contributed by atoms with E-state index in [1.807, 2.05) is 42.8 Å². The maximum atomic E-state index is 12.4. The minimum absolute atomic E-state index is 0.0123. The Kier molecular flexibility index (Phi) is 4.80. The quantitative estimate of drug-likeness (QED) is 0.898. The lowest BCUT2D eigenvalue weighted by atomic mass is 10.2. The lowest BCUT2D eigenvalue weighted by molar-refractivity contribution is 0.166. The van der Waals surface area contributed by atoms with Crippen molar-refractivity contribution >= 4 is 11.7 Å². The Labute approximate surface area is 141 Å². The van der Waals surface area contributed by atoms with Crippen molar-refractivity contribution in [1.29, 1.82) is 0 Å². The molecule has 0 radical (unpaired) electrons. The van der Waals surface area contributed by atoms with Crippen molar-refractivity contribution < 1.29 is 9.90 Å². The summed E-state index contributed by atoms with van der Waals surface area (Å²) >= 11 is 0. The summed E-state index contributed by atoms with van der Waals surface area (Å²) in [4.78, 5) is 18.4. The number of nitrogens with zero attached hydrogens (tertiary/aromatic N) is 4. The Morgan fingerprint density at radius 3 is 2.96 bits per heavy atom. The number of nitrogens with one attached hydrogen (secondary N) is 1. The van der Waals surface area contributed by atoms with Crippen LogP contribution in [-0.4, -0.2) is 50.0 Å². The van der Waals surface area contributed by atoms with E-state index in [0.717, 1.165) is 35.7 Å². The van der Waals surface area contributed by atoms with Crippen LogP contribution in [0.1, 0.15) is 30.1 Å². The van der Waals surface area contributed by atoms with Gasteiger partial charge in [-0.05, 0) is 44.4 Å². The Morgan fingerprint density at radius 2 is 2.25 bits per heavy atom. The predicted octanol–water partition coefficient (Wildman–Crippen LogP) is 1.93. The number of aliphatic hydroxyl groups excluding tert-OH is 1. The Balaban J connectivity index is 1.69. The van der Waals surface area contributed by atoms with Crippen LogP contribution in [0.4, 0.5) is 10.5 Å². The first-order valence-electron chi connectivity index (χ1n) is 8.22. The fraction of sp³-hybridized carbons (Fsp3) is 0.471. The average molecular weight is 329 g/mol. The van der Waals surface area contributed by atoms with E-state index in [2.05, 4.69) is 15.4 Å². The Bertz CT molecular complexity index is 728. The molecule has 1 aromatic carbocycles. The van der Waals surface area contributed by atoms with Gasteiger partial charge >= 0.3 is 6.03 Å². The normalized spacial score (nSPS) is 17.3. The third kappa shape index (κ3) is 3.56. The number of hydrogen-bond acceptors (Lipinski definition) is 4. The van der Waals surface area contributed by atoms with Gasteiger partial charge in [0.1, 0.15) is 11.6 Å². The van der Waals surface area contributed by atoms with E-state index in [1.165, 1.54) is 0 Å². The van der Waals surface area contributed by atoms with Gasteiger partial charge in [-0.25, -0.2) is 14.5 Å². The number of benzene rings is 1. The molecule has 3 rings (SSSR count). The molecule has 0 spiro atoms. The van der Waals surface area contributed by atoms with Gasteiger partial charge < -0.3 is 15.3 Å². The Morgan fingerprint density at radius 1 is 1.42 bits per heavy atom. The zero-order valence-corrected chi connectivity index (χ0v) is 14.1. The van der Waals surface area contributed by atoms with Crippen molar-refractivity contribution in [2.24, 2.45) is 0 Å². The second kappa shape index (κ2) is 7.00. The number of likely N-dealkylation sites (tertiary alicyclic amines) is 1. The third-order valence-electron chi connectivity index (χ3n) is 4.32. The van der Waals surface area contributed by atoms with Crippen molar-refractivity contribution in [3.8, 4) is 0 Å². The van der Waals surface area contributed by atoms with Gasteiger partial charge in [0.25, 0.3) is 0 Å². The molecule has 2 N–H and O–H groups in total. The lowest BCUT2D eigenvalue weighted by Gasteiger charge is -2.23. The molecule has 24 heavy (non-hydrogen) atoms. The van der Waals surface area contributed by atoms with Crippen LogP contribution >= 0.6 is 0 Å². The van der Waals surface area contributed by atoms with Crippen LogP contribution in [0.5, 0.6) is 0 Å². The fourth-order valence-electron chi connectivity index (χ4n) is 3.12. The van der Waals surface area contributed by atoms with Gasteiger partial charge in [0.2, 0.25) is 0 Å². The van der Waals surface area contributed by atoms with Crippen molar-refractivity contribution in [3.63, 3.8) is 0 Å². The maximum Gasteiger partial charge on any atom is 0.322 e. The van der Waals surface area contributed by atoms with Gasteiger partial charge in [-0.1, -0.05) is 12.1 Å². The molecule has 1 fully saturated rings. The van der Waals surface area contributed by atoms with Gasteiger partial charge in [0, 0.05) is 12.2 Å². The van der Waals surface area contributed by atoms with Crippen molar-refractivity contribution in [3.05, 3.63) is 41.5 Å². The minimum Gasteiger partial charge on any atom is -0.394 e. The van der Waals surface area contributed by atoms with Gasteiger partial charge in [-0.3, -0.25) is 0 Å². The first-order valence-corrected chi connectivity index (χ1v) is 8.22. The summed E-state index contributed by atoms with van der Waals surface area (Å²) in [6.45, 7) is 5.10. The molecule has 1 aromatic heterocycles. The highest BCUT2D eigenvalue weighted by molar-refractivity contribution is 5.89. The summed E-state index contributed by atoms with van der Waals surface area (Å²) in [6.07, 6.45) is 1.79. The first-order chi connectivity index (χ1) is 11.6. The van der Waals surface area contributed by atoms with Crippen LogP contribution in [-0.2, 0) is 6.54 Å². The second-order valence-corrected chi connectivity index (χ2v) is 6.17. The monoisotopic (exact) mass is 329 g/mol. The van der Waals surface area contributed by atoms with E-state index in [1.54, 1.807) is 4.90 Å². The molecule has 1 atom stereocenters. The van der Waals surface area contributed by atoms with Crippen LogP contribution in [0, 0.1) is 13.8 Å². The van der Waals surface area contributed by atoms with Crippen LogP contribution in [0.3, 0.4) is 0 Å². The highest BCUT2D eigenvalue weighted by atomic mass is 16.3. The average Bonchev–Trinajstić information content (AvgIpc) is 3.14. The number of aliphatic hydroxyl groups is 1. The first kappa shape index (κ1) is 16.4. The molecular formula is C17H23N5O2. The van der Waals surface area contributed by atoms with E-state index in [-0.39, 0.29) is 18.7 Å². The molecule has 7 heteroatoms. The number of aryl methyl sites for hydroxylation is 2. The van der Waals surface area contributed by atoms with Crippen LogP contribution in [0.15, 0.2) is 24.3 Å². The summed E-state index contributed by atoms with van der Waals surface area (Å²) in [7, 11) is 0. The smallest absolute Gasteiger partial charge is 0.322 e. The zero-order chi connectivity index (χ0) is 17.1. The summed E-state index contributed by atoms with van der Waals surface area (Å²) in [5.41, 5.74) is 1.79. The van der Waals surface area contributed by atoms with Crippen molar-refractivity contribution in [2.45, 2.75) is 39.3 Å².